The summed E-state index contributed by atoms with van der Waals surface area (Å²) in [4.78, 5) is 15.9. The number of hydrogen-bond donors (Lipinski definition) is 1. The van der Waals surface area contributed by atoms with Gasteiger partial charge in [0.25, 0.3) is 0 Å². The molecule has 112 valence electrons. The molecule has 0 aliphatic heterocycles. The summed E-state index contributed by atoms with van der Waals surface area (Å²) in [5.74, 6) is 0.453. The molecule has 0 unspecified atom stereocenters. The lowest BCUT2D eigenvalue weighted by Gasteiger charge is -2.19. The van der Waals surface area contributed by atoms with Crippen LogP contribution in [0.3, 0.4) is 0 Å². The second-order valence-corrected chi connectivity index (χ2v) is 5.83. The minimum absolute atomic E-state index is 0.453. The van der Waals surface area contributed by atoms with Crippen molar-refractivity contribution in [1.29, 1.82) is 0 Å². The van der Waals surface area contributed by atoms with Crippen molar-refractivity contribution in [3.63, 3.8) is 0 Å². The minimum Gasteiger partial charge on any atom is -0.444 e. The van der Waals surface area contributed by atoms with Crippen molar-refractivity contribution in [2.45, 2.75) is 33.3 Å². The van der Waals surface area contributed by atoms with E-state index < -0.39 is 11.7 Å². The van der Waals surface area contributed by atoms with Crippen LogP contribution in [-0.4, -0.2) is 26.5 Å². The maximum absolute atomic E-state index is 11.7. The Morgan fingerprint density at radius 1 is 1.29 bits per heavy atom. The summed E-state index contributed by atoms with van der Waals surface area (Å²) in [5.41, 5.74) is 2.51. The fourth-order valence-electron chi connectivity index (χ4n) is 1.82. The second kappa shape index (κ2) is 5.55. The predicted molar refractivity (Wildman–Crippen MR) is 81.0 cm³/mol. The van der Waals surface area contributed by atoms with E-state index >= 15 is 0 Å². The van der Waals surface area contributed by atoms with Crippen LogP contribution in [0.4, 0.5) is 10.6 Å². The number of ether oxygens (including phenoxy) is 1. The first-order chi connectivity index (χ1) is 9.76. The molecule has 0 atom stereocenters. The van der Waals surface area contributed by atoms with Crippen LogP contribution in [0.5, 0.6) is 0 Å². The van der Waals surface area contributed by atoms with E-state index in [1.807, 2.05) is 45.5 Å². The molecule has 0 aliphatic rings. The first kappa shape index (κ1) is 15.0. The van der Waals surface area contributed by atoms with Gasteiger partial charge in [-0.25, -0.2) is 9.78 Å². The Hall–Kier alpha value is -2.37. The molecule has 2 rings (SSSR count). The summed E-state index contributed by atoms with van der Waals surface area (Å²) in [5, 5.41) is 6.81. The lowest BCUT2D eigenvalue weighted by molar-refractivity contribution is 0.0635. The SMILES string of the molecule is Cc1c(-c2ccc(NC(=O)OC(C)(C)C)nc2)cnn1C. The number of carbonyl (C=O) groups excluding carboxylic acids is 1. The molecule has 0 spiro atoms. The van der Waals surface area contributed by atoms with Gasteiger partial charge in [0.05, 0.1) is 6.20 Å². The molecule has 2 aromatic rings. The minimum atomic E-state index is -0.531. The lowest BCUT2D eigenvalue weighted by Crippen LogP contribution is -2.27. The van der Waals surface area contributed by atoms with Crippen molar-refractivity contribution in [2.75, 3.05) is 5.32 Å². The molecule has 1 amide bonds. The monoisotopic (exact) mass is 288 g/mol. The summed E-state index contributed by atoms with van der Waals surface area (Å²) >= 11 is 0. The van der Waals surface area contributed by atoms with Crippen LogP contribution in [0.25, 0.3) is 11.1 Å². The van der Waals surface area contributed by atoms with Crippen LogP contribution in [-0.2, 0) is 11.8 Å². The number of aryl methyl sites for hydroxylation is 1. The molecule has 0 saturated carbocycles. The summed E-state index contributed by atoms with van der Waals surface area (Å²) in [6.07, 6.45) is 2.99. The molecule has 0 fully saturated rings. The second-order valence-electron chi connectivity index (χ2n) is 5.83. The van der Waals surface area contributed by atoms with Gasteiger partial charge in [0.15, 0.2) is 0 Å². The number of hydrogen-bond acceptors (Lipinski definition) is 4. The normalized spacial score (nSPS) is 11.3. The van der Waals surface area contributed by atoms with Crippen LogP contribution in [0.1, 0.15) is 26.5 Å². The number of carbonyl (C=O) groups is 1. The number of rotatable bonds is 2. The number of amides is 1. The van der Waals surface area contributed by atoms with Crippen LogP contribution < -0.4 is 5.32 Å². The fraction of sp³-hybridized carbons (Fsp3) is 0.400. The van der Waals surface area contributed by atoms with Gasteiger partial charge >= 0.3 is 6.09 Å². The Balaban J connectivity index is 2.09. The lowest BCUT2D eigenvalue weighted by atomic mass is 10.1. The van der Waals surface area contributed by atoms with Crippen molar-refractivity contribution in [1.82, 2.24) is 14.8 Å². The Bertz CT molecular complexity index is 639. The van der Waals surface area contributed by atoms with Gasteiger partial charge in [-0.1, -0.05) is 0 Å². The molecule has 0 aromatic carbocycles. The summed E-state index contributed by atoms with van der Waals surface area (Å²) in [7, 11) is 1.89. The highest BCUT2D eigenvalue weighted by molar-refractivity contribution is 5.83. The highest BCUT2D eigenvalue weighted by Gasteiger charge is 2.16. The zero-order valence-corrected chi connectivity index (χ0v) is 13.0. The van der Waals surface area contributed by atoms with Crippen molar-refractivity contribution in [2.24, 2.45) is 7.05 Å². The molecule has 0 bridgehead atoms. The average molecular weight is 288 g/mol. The first-order valence-corrected chi connectivity index (χ1v) is 6.71. The number of anilines is 1. The Kier molecular flexibility index (Phi) is 3.97. The molecule has 6 nitrogen and oxygen atoms in total. The maximum Gasteiger partial charge on any atom is 0.413 e. The molecule has 0 aliphatic carbocycles. The third-order valence-corrected chi connectivity index (χ3v) is 2.94. The molecular weight excluding hydrogens is 268 g/mol. The number of nitrogens with one attached hydrogen (secondary N) is 1. The number of pyridine rings is 1. The number of aromatic nitrogens is 3. The Morgan fingerprint density at radius 3 is 2.48 bits per heavy atom. The standard InChI is InChI=1S/C15H20N4O2/c1-10-12(9-17-19(10)5)11-6-7-13(16-8-11)18-14(20)21-15(2,3)4/h6-9H,1-5H3,(H,16,18,20). The largest absolute Gasteiger partial charge is 0.444 e. The summed E-state index contributed by atoms with van der Waals surface area (Å²) in [6, 6.07) is 3.63. The van der Waals surface area contributed by atoms with Crippen LogP contribution in [0, 0.1) is 6.92 Å². The average Bonchev–Trinajstić information content (AvgIpc) is 2.69. The van der Waals surface area contributed by atoms with Gasteiger partial charge in [-0.05, 0) is 39.8 Å². The van der Waals surface area contributed by atoms with Gasteiger partial charge in [-0.2, -0.15) is 5.10 Å². The van der Waals surface area contributed by atoms with E-state index in [1.165, 1.54) is 0 Å². The predicted octanol–water partition coefficient (Wildman–Crippen LogP) is 3.14. The Labute approximate surface area is 124 Å². The van der Waals surface area contributed by atoms with Crippen LogP contribution in [0.15, 0.2) is 24.5 Å². The first-order valence-electron chi connectivity index (χ1n) is 6.71. The van der Waals surface area contributed by atoms with E-state index in [0.29, 0.717) is 5.82 Å². The van der Waals surface area contributed by atoms with Gasteiger partial charge < -0.3 is 4.74 Å². The molecule has 6 heteroatoms. The zero-order valence-electron chi connectivity index (χ0n) is 13.0. The third kappa shape index (κ3) is 3.81. The van der Waals surface area contributed by atoms with E-state index in [4.69, 9.17) is 4.74 Å². The van der Waals surface area contributed by atoms with E-state index in [-0.39, 0.29) is 0 Å². The highest BCUT2D eigenvalue weighted by atomic mass is 16.6. The molecule has 0 radical (unpaired) electrons. The number of nitrogens with zero attached hydrogens (tertiary/aromatic N) is 3. The quantitative estimate of drug-likeness (QED) is 0.921. The van der Waals surface area contributed by atoms with Crippen LogP contribution >= 0.6 is 0 Å². The van der Waals surface area contributed by atoms with Crippen molar-refractivity contribution in [3.8, 4) is 11.1 Å². The van der Waals surface area contributed by atoms with Crippen molar-refractivity contribution in [3.05, 3.63) is 30.2 Å². The highest BCUT2D eigenvalue weighted by Crippen LogP contribution is 2.22. The van der Waals surface area contributed by atoms with Gasteiger partial charge in [-0.15, -0.1) is 0 Å². The van der Waals surface area contributed by atoms with E-state index in [0.717, 1.165) is 16.8 Å². The molecule has 21 heavy (non-hydrogen) atoms. The molecule has 2 aromatic heterocycles. The van der Waals surface area contributed by atoms with Crippen LogP contribution in [0.2, 0.25) is 0 Å². The Morgan fingerprint density at radius 2 is 2.00 bits per heavy atom. The van der Waals surface area contributed by atoms with E-state index in [9.17, 15) is 4.79 Å². The molecule has 1 N–H and O–H groups in total. The van der Waals surface area contributed by atoms with Gasteiger partial charge in [0.1, 0.15) is 11.4 Å². The third-order valence-electron chi connectivity index (χ3n) is 2.94. The topological polar surface area (TPSA) is 69.0 Å². The summed E-state index contributed by atoms with van der Waals surface area (Å²) < 4.78 is 6.98. The van der Waals surface area contributed by atoms with E-state index in [2.05, 4.69) is 15.4 Å². The van der Waals surface area contributed by atoms with Gasteiger partial charge in [0, 0.05) is 30.1 Å². The molecule has 0 saturated heterocycles. The van der Waals surface area contributed by atoms with Crippen molar-refractivity contribution >= 4 is 11.9 Å². The summed E-state index contributed by atoms with van der Waals surface area (Å²) in [6.45, 7) is 7.44. The van der Waals surface area contributed by atoms with Gasteiger partial charge in [-0.3, -0.25) is 10.00 Å². The smallest absolute Gasteiger partial charge is 0.413 e. The van der Waals surface area contributed by atoms with Crippen molar-refractivity contribution < 1.29 is 9.53 Å². The molecular formula is C15H20N4O2. The fourth-order valence-corrected chi connectivity index (χ4v) is 1.82. The van der Waals surface area contributed by atoms with Gasteiger partial charge in [0.2, 0.25) is 0 Å². The van der Waals surface area contributed by atoms with E-state index in [1.54, 1.807) is 18.5 Å². The molecule has 2 heterocycles. The maximum atomic E-state index is 11.7. The zero-order chi connectivity index (χ0) is 15.6.